The molecule has 0 amide bonds. The zero-order valence-corrected chi connectivity index (χ0v) is 10.9. The summed E-state index contributed by atoms with van der Waals surface area (Å²) in [5.74, 6) is 2.06. The summed E-state index contributed by atoms with van der Waals surface area (Å²) >= 11 is 1.95. The Morgan fingerprint density at radius 3 is 2.93 bits per heavy atom. The van der Waals surface area contributed by atoms with Gasteiger partial charge in [0.2, 0.25) is 0 Å². The van der Waals surface area contributed by atoms with E-state index >= 15 is 0 Å². The first-order valence-corrected chi connectivity index (χ1v) is 7.54. The van der Waals surface area contributed by atoms with Gasteiger partial charge in [-0.05, 0) is 50.7 Å². The number of nitrogens with one attached hydrogen (secondary N) is 1. The van der Waals surface area contributed by atoms with E-state index in [-0.39, 0.29) is 0 Å². The summed E-state index contributed by atoms with van der Waals surface area (Å²) in [5.41, 5.74) is 0. The van der Waals surface area contributed by atoms with E-state index in [1.165, 1.54) is 38.0 Å². The fourth-order valence-electron chi connectivity index (χ4n) is 1.99. The van der Waals surface area contributed by atoms with Gasteiger partial charge in [-0.3, -0.25) is 0 Å². The van der Waals surface area contributed by atoms with E-state index in [9.17, 15) is 0 Å². The van der Waals surface area contributed by atoms with Crippen molar-refractivity contribution in [2.24, 2.45) is 5.92 Å². The molecule has 1 saturated heterocycles. The zero-order valence-electron chi connectivity index (χ0n) is 10.1. The molecular formula is C12H25NOS. The van der Waals surface area contributed by atoms with Crippen LogP contribution in [0.1, 0.15) is 32.6 Å². The lowest BCUT2D eigenvalue weighted by atomic mass is 10.0. The second-order valence-electron chi connectivity index (χ2n) is 4.42. The van der Waals surface area contributed by atoms with Crippen molar-refractivity contribution in [1.29, 1.82) is 0 Å². The lowest BCUT2D eigenvalue weighted by molar-refractivity contribution is 0.178. The van der Waals surface area contributed by atoms with Crippen LogP contribution in [0, 0.1) is 5.92 Å². The third-order valence-electron chi connectivity index (χ3n) is 3.16. The topological polar surface area (TPSA) is 21.3 Å². The Hall–Kier alpha value is 0.270. The van der Waals surface area contributed by atoms with Gasteiger partial charge in [0, 0.05) is 12.6 Å². The van der Waals surface area contributed by atoms with Gasteiger partial charge >= 0.3 is 0 Å². The van der Waals surface area contributed by atoms with E-state index in [4.69, 9.17) is 4.74 Å². The van der Waals surface area contributed by atoms with Crippen molar-refractivity contribution >= 4 is 11.8 Å². The van der Waals surface area contributed by atoms with Gasteiger partial charge in [0.25, 0.3) is 0 Å². The highest BCUT2D eigenvalue weighted by Gasteiger charge is 2.21. The predicted octanol–water partition coefficient (Wildman–Crippen LogP) is 2.53. The maximum absolute atomic E-state index is 5.39. The second-order valence-corrected chi connectivity index (χ2v) is 5.41. The molecule has 0 aromatic heterocycles. The third kappa shape index (κ3) is 5.79. The molecular weight excluding hydrogens is 206 g/mol. The summed E-state index contributed by atoms with van der Waals surface area (Å²) in [4.78, 5) is 0. The number of unbranched alkanes of at least 4 members (excludes halogenated alkanes) is 2. The van der Waals surface area contributed by atoms with Crippen LogP contribution in [0.3, 0.4) is 0 Å². The smallest absolute Gasteiger partial charge is 0.0509 e. The Balaban J connectivity index is 1.90. The number of hydrogen-bond acceptors (Lipinski definition) is 3. The van der Waals surface area contributed by atoms with Crippen LogP contribution in [0.4, 0.5) is 0 Å². The van der Waals surface area contributed by atoms with Crippen LogP contribution in [-0.4, -0.2) is 37.8 Å². The molecule has 1 aliphatic heterocycles. The highest BCUT2D eigenvalue weighted by Crippen LogP contribution is 2.16. The second kappa shape index (κ2) is 8.43. The van der Waals surface area contributed by atoms with Crippen molar-refractivity contribution in [3.63, 3.8) is 0 Å². The van der Waals surface area contributed by atoms with Gasteiger partial charge in [0.1, 0.15) is 0 Å². The Morgan fingerprint density at radius 2 is 2.27 bits per heavy atom. The molecule has 0 bridgehead atoms. The van der Waals surface area contributed by atoms with Gasteiger partial charge in [-0.2, -0.15) is 11.8 Å². The summed E-state index contributed by atoms with van der Waals surface area (Å²) < 4.78 is 5.39. The highest BCUT2D eigenvalue weighted by molar-refractivity contribution is 7.98. The molecule has 15 heavy (non-hydrogen) atoms. The van der Waals surface area contributed by atoms with Crippen molar-refractivity contribution in [3.8, 4) is 0 Å². The first kappa shape index (κ1) is 13.3. The minimum Gasteiger partial charge on any atom is -0.381 e. The largest absolute Gasteiger partial charge is 0.381 e. The van der Waals surface area contributed by atoms with Crippen LogP contribution >= 0.6 is 11.8 Å². The minimum absolute atomic E-state index is 0.632. The molecule has 2 atom stereocenters. The molecule has 0 saturated carbocycles. The molecule has 1 fully saturated rings. The average Bonchev–Trinajstić information content (AvgIpc) is 2.76. The normalized spacial score (nSPS) is 23.2. The van der Waals surface area contributed by atoms with Crippen molar-refractivity contribution in [2.75, 3.05) is 31.8 Å². The molecule has 0 aliphatic carbocycles. The summed E-state index contributed by atoms with van der Waals surface area (Å²) in [6.45, 7) is 5.39. The van der Waals surface area contributed by atoms with Gasteiger partial charge in [-0.25, -0.2) is 0 Å². The zero-order chi connectivity index (χ0) is 10.9. The van der Waals surface area contributed by atoms with Gasteiger partial charge < -0.3 is 10.1 Å². The highest BCUT2D eigenvalue weighted by atomic mass is 32.2. The Bertz CT molecular complexity index is 149. The van der Waals surface area contributed by atoms with Gasteiger partial charge in [0.05, 0.1) is 6.61 Å². The minimum atomic E-state index is 0.632. The number of hydrogen-bond donors (Lipinski definition) is 1. The van der Waals surface area contributed by atoms with E-state index in [1.54, 1.807) is 0 Å². The monoisotopic (exact) mass is 231 g/mol. The first-order chi connectivity index (χ1) is 7.34. The van der Waals surface area contributed by atoms with E-state index < -0.39 is 0 Å². The standard InChI is InChI=1S/C12H25NOS/c1-11(12-6-8-14-10-12)13-7-4-3-5-9-15-2/h11-13H,3-10H2,1-2H3. The van der Waals surface area contributed by atoms with Crippen LogP contribution < -0.4 is 5.32 Å². The number of thioether (sulfide) groups is 1. The lowest BCUT2D eigenvalue weighted by Gasteiger charge is -2.19. The van der Waals surface area contributed by atoms with Crippen LogP contribution in [0.5, 0.6) is 0 Å². The van der Waals surface area contributed by atoms with Crippen molar-refractivity contribution in [3.05, 3.63) is 0 Å². The molecule has 1 N–H and O–H groups in total. The molecule has 1 rings (SSSR count). The van der Waals surface area contributed by atoms with Crippen molar-refractivity contribution in [1.82, 2.24) is 5.32 Å². The van der Waals surface area contributed by atoms with E-state index in [0.717, 1.165) is 19.1 Å². The molecule has 0 aromatic carbocycles. The van der Waals surface area contributed by atoms with Crippen LogP contribution in [0.25, 0.3) is 0 Å². The number of ether oxygens (including phenoxy) is 1. The molecule has 90 valence electrons. The summed E-state index contributed by atoms with van der Waals surface area (Å²) in [5, 5.41) is 3.61. The Morgan fingerprint density at radius 1 is 1.40 bits per heavy atom. The van der Waals surface area contributed by atoms with E-state index in [2.05, 4.69) is 18.5 Å². The maximum atomic E-state index is 5.39. The van der Waals surface area contributed by atoms with Gasteiger partial charge in [0.15, 0.2) is 0 Å². The molecule has 3 heteroatoms. The fraction of sp³-hybridized carbons (Fsp3) is 1.00. The van der Waals surface area contributed by atoms with E-state index in [0.29, 0.717) is 6.04 Å². The van der Waals surface area contributed by atoms with Gasteiger partial charge in [-0.15, -0.1) is 0 Å². The molecule has 0 aromatic rings. The Labute approximate surface area is 98.5 Å². The van der Waals surface area contributed by atoms with E-state index in [1.807, 2.05) is 11.8 Å². The van der Waals surface area contributed by atoms with Gasteiger partial charge in [-0.1, -0.05) is 6.42 Å². The molecule has 2 nitrogen and oxygen atoms in total. The summed E-state index contributed by atoms with van der Waals surface area (Å²) in [7, 11) is 0. The summed E-state index contributed by atoms with van der Waals surface area (Å²) in [6, 6.07) is 0.632. The number of rotatable bonds is 8. The third-order valence-corrected chi connectivity index (χ3v) is 3.86. The first-order valence-electron chi connectivity index (χ1n) is 6.14. The van der Waals surface area contributed by atoms with Crippen LogP contribution in [-0.2, 0) is 4.74 Å². The molecule has 0 radical (unpaired) electrons. The maximum Gasteiger partial charge on any atom is 0.0509 e. The predicted molar refractivity (Wildman–Crippen MR) is 68.6 cm³/mol. The van der Waals surface area contributed by atoms with Crippen LogP contribution in [0.15, 0.2) is 0 Å². The quantitative estimate of drug-likeness (QED) is 0.649. The molecule has 1 aliphatic rings. The summed E-state index contributed by atoms with van der Waals surface area (Å²) in [6.07, 6.45) is 7.46. The molecule has 2 unspecified atom stereocenters. The average molecular weight is 231 g/mol. The van der Waals surface area contributed by atoms with Crippen LogP contribution in [0.2, 0.25) is 0 Å². The molecule has 1 heterocycles. The van der Waals surface area contributed by atoms with Crippen molar-refractivity contribution < 1.29 is 4.74 Å². The SMILES string of the molecule is CSCCCCCNC(C)C1CCOC1. The lowest BCUT2D eigenvalue weighted by Crippen LogP contribution is -2.34. The Kier molecular flexibility index (Phi) is 7.49. The van der Waals surface area contributed by atoms with Crippen molar-refractivity contribution in [2.45, 2.75) is 38.6 Å². The molecule has 0 spiro atoms. The fourth-order valence-corrected chi connectivity index (χ4v) is 2.48.